The van der Waals surface area contributed by atoms with Crippen LogP contribution in [0.25, 0.3) is 0 Å². The molecule has 14 heavy (non-hydrogen) atoms. The maximum atomic E-state index is 11.5. The summed E-state index contributed by atoms with van der Waals surface area (Å²) >= 11 is 0. The van der Waals surface area contributed by atoms with Crippen LogP contribution in [0.5, 0.6) is 0 Å². The monoisotopic (exact) mass is 191 g/mol. The molecule has 3 nitrogen and oxygen atoms in total. The highest BCUT2D eigenvalue weighted by molar-refractivity contribution is 5.90. The van der Waals surface area contributed by atoms with Gasteiger partial charge in [-0.25, -0.2) is 0 Å². The van der Waals surface area contributed by atoms with E-state index in [0.717, 1.165) is 5.56 Å². The zero-order valence-electron chi connectivity index (χ0n) is 7.85. The fourth-order valence-corrected chi connectivity index (χ4v) is 1.42. The van der Waals surface area contributed by atoms with Gasteiger partial charge in [0.1, 0.15) is 6.10 Å². The van der Waals surface area contributed by atoms with Crippen LogP contribution < -0.4 is 5.73 Å². The smallest absolute Gasteiger partial charge is 0.180 e. The van der Waals surface area contributed by atoms with Crippen molar-refractivity contribution in [1.29, 1.82) is 0 Å². The molecule has 0 saturated carbocycles. The highest BCUT2D eigenvalue weighted by Crippen LogP contribution is 2.13. The first-order chi connectivity index (χ1) is 6.77. The number of hydrogen-bond donors (Lipinski definition) is 1. The quantitative estimate of drug-likeness (QED) is 0.706. The molecule has 0 amide bonds. The number of carbonyl (C=O) groups is 1. The number of ether oxygens (including phenoxy) is 1. The molecule has 0 bridgehead atoms. The molecule has 3 heteroatoms. The zero-order chi connectivity index (χ0) is 9.97. The lowest BCUT2D eigenvalue weighted by Gasteiger charge is -2.08. The third-order valence-corrected chi connectivity index (χ3v) is 2.31. The van der Waals surface area contributed by atoms with E-state index < -0.39 is 6.04 Å². The second-order valence-corrected chi connectivity index (χ2v) is 3.52. The molecular formula is C11H13NO2. The Bertz CT molecular complexity index is 319. The molecule has 2 N–H and O–H groups in total. The number of nitrogens with two attached hydrogens (primary N) is 1. The summed E-state index contributed by atoms with van der Waals surface area (Å²) in [6, 6.07) is 9.35. The molecule has 74 valence electrons. The average Bonchev–Trinajstić information content (AvgIpc) is 3.01. The van der Waals surface area contributed by atoms with Crippen molar-refractivity contribution in [2.75, 3.05) is 6.61 Å². The van der Waals surface area contributed by atoms with Crippen LogP contribution in [0.4, 0.5) is 0 Å². The largest absolute Gasteiger partial charge is 0.365 e. The fraction of sp³-hybridized carbons (Fsp3) is 0.364. The van der Waals surface area contributed by atoms with E-state index in [1.807, 2.05) is 30.3 Å². The second kappa shape index (κ2) is 3.90. The topological polar surface area (TPSA) is 55.6 Å². The summed E-state index contributed by atoms with van der Waals surface area (Å²) in [4.78, 5) is 11.5. The summed E-state index contributed by atoms with van der Waals surface area (Å²) in [5.41, 5.74) is 6.85. The van der Waals surface area contributed by atoms with E-state index in [2.05, 4.69) is 0 Å². The summed E-state index contributed by atoms with van der Waals surface area (Å²) in [6.45, 7) is 0.543. The van der Waals surface area contributed by atoms with Crippen molar-refractivity contribution >= 4 is 5.78 Å². The summed E-state index contributed by atoms with van der Waals surface area (Å²) in [5.74, 6) is 0.0221. The lowest BCUT2D eigenvalue weighted by molar-refractivity contribution is -0.121. The normalized spacial score (nSPS) is 21.6. The van der Waals surface area contributed by atoms with Crippen LogP contribution in [-0.4, -0.2) is 24.5 Å². The number of epoxide rings is 1. The Morgan fingerprint density at radius 3 is 2.71 bits per heavy atom. The fourth-order valence-electron chi connectivity index (χ4n) is 1.42. The van der Waals surface area contributed by atoms with Crippen molar-refractivity contribution in [1.82, 2.24) is 0 Å². The molecule has 1 saturated heterocycles. The van der Waals surface area contributed by atoms with Gasteiger partial charge in [-0.3, -0.25) is 4.79 Å². The van der Waals surface area contributed by atoms with Crippen molar-refractivity contribution in [2.24, 2.45) is 5.73 Å². The summed E-state index contributed by atoms with van der Waals surface area (Å²) in [6.07, 6.45) is 0.369. The van der Waals surface area contributed by atoms with E-state index in [1.54, 1.807) is 0 Å². The second-order valence-electron chi connectivity index (χ2n) is 3.52. The third kappa shape index (κ3) is 2.19. The van der Waals surface area contributed by atoms with Crippen LogP contribution in [0.2, 0.25) is 0 Å². The minimum atomic E-state index is -0.426. The average molecular weight is 191 g/mol. The van der Waals surface area contributed by atoms with Gasteiger partial charge in [-0.05, 0) is 12.0 Å². The SMILES string of the molecule is NC(Cc1ccccc1)C(=O)C1CO1. The molecule has 1 aromatic rings. The van der Waals surface area contributed by atoms with Gasteiger partial charge in [-0.15, -0.1) is 0 Å². The van der Waals surface area contributed by atoms with E-state index in [1.165, 1.54) is 0 Å². The number of hydrogen-bond acceptors (Lipinski definition) is 3. The van der Waals surface area contributed by atoms with Crippen molar-refractivity contribution in [3.63, 3.8) is 0 Å². The number of carbonyl (C=O) groups excluding carboxylic acids is 1. The molecular weight excluding hydrogens is 178 g/mol. The van der Waals surface area contributed by atoms with Gasteiger partial charge >= 0.3 is 0 Å². The number of Topliss-reactive ketones (excluding diaryl/α,β-unsaturated/α-hetero) is 1. The van der Waals surface area contributed by atoms with Crippen LogP contribution in [0.15, 0.2) is 30.3 Å². The van der Waals surface area contributed by atoms with Gasteiger partial charge in [0.25, 0.3) is 0 Å². The molecule has 1 heterocycles. The molecule has 0 spiro atoms. The Labute approximate surface area is 82.9 Å². The number of ketones is 1. The molecule has 0 aliphatic carbocycles. The van der Waals surface area contributed by atoms with E-state index in [4.69, 9.17) is 10.5 Å². The Morgan fingerprint density at radius 2 is 2.14 bits per heavy atom. The van der Waals surface area contributed by atoms with E-state index in [0.29, 0.717) is 13.0 Å². The van der Waals surface area contributed by atoms with Gasteiger partial charge in [0.2, 0.25) is 0 Å². The van der Waals surface area contributed by atoms with Gasteiger partial charge in [0.15, 0.2) is 5.78 Å². The highest BCUT2D eigenvalue weighted by atomic mass is 16.6. The van der Waals surface area contributed by atoms with Crippen molar-refractivity contribution < 1.29 is 9.53 Å². The van der Waals surface area contributed by atoms with Crippen LogP contribution in [0.3, 0.4) is 0 Å². The third-order valence-electron chi connectivity index (χ3n) is 2.31. The molecule has 2 unspecified atom stereocenters. The zero-order valence-corrected chi connectivity index (χ0v) is 7.85. The first-order valence-corrected chi connectivity index (χ1v) is 4.72. The van der Waals surface area contributed by atoms with Gasteiger partial charge in [0.05, 0.1) is 12.6 Å². The van der Waals surface area contributed by atoms with Crippen LogP contribution in [0, 0.1) is 0 Å². The molecule has 2 atom stereocenters. The van der Waals surface area contributed by atoms with E-state index >= 15 is 0 Å². The Hall–Kier alpha value is -1.19. The van der Waals surface area contributed by atoms with Crippen molar-refractivity contribution in [3.8, 4) is 0 Å². The maximum absolute atomic E-state index is 11.5. The molecule has 1 aromatic carbocycles. The Morgan fingerprint density at radius 1 is 1.50 bits per heavy atom. The van der Waals surface area contributed by atoms with E-state index in [-0.39, 0.29) is 11.9 Å². The van der Waals surface area contributed by atoms with E-state index in [9.17, 15) is 4.79 Å². The maximum Gasteiger partial charge on any atom is 0.180 e. The first kappa shape index (κ1) is 9.37. The molecule has 2 rings (SSSR count). The Kier molecular flexibility index (Phi) is 2.61. The molecule has 1 aliphatic heterocycles. The molecule has 0 radical (unpaired) electrons. The summed E-state index contributed by atoms with van der Waals surface area (Å²) < 4.78 is 4.90. The van der Waals surface area contributed by atoms with Crippen LogP contribution in [0.1, 0.15) is 5.56 Å². The van der Waals surface area contributed by atoms with Crippen LogP contribution >= 0.6 is 0 Å². The number of benzene rings is 1. The minimum Gasteiger partial charge on any atom is -0.365 e. The number of rotatable bonds is 4. The van der Waals surface area contributed by atoms with Gasteiger partial charge < -0.3 is 10.5 Å². The predicted octanol–water partition coefficient (Wildman–Crippen LogP) is 0.524. The summed E-state index contributed by atoms with van der Waals surface area (Å²) in [5, 5.41) is 0. The van der Waals surface area contributed by atoms with Crippen molar-refractivity contribution in [3.05, 3.63) is 35.9 Å². The summed E-state index contributed by atoms with van der Waals surface area (Å²) in [7, 11) is 0. The first-order valence-electron chi connectivity index (χ1n) is 4.72. The van der Waals surface area contributed by atoms with Gasteiger partial charge in [-0.2, -0.15) is 0 Å². The highest BCUT2D eigenvalue weighted by Gasteiger charge is 2.34. The Balaban J connectivity index is 1.93. The van der Waals surface area contributed by atoms with Gasteiger partial charge in [-0.1, -0.05) is 30.3 Å². The predicted molar refractivity (Wildman–Crippen MR) is 52.9 cm³/mol. The molecule has 1 aliphatic rings. The molecule has 0 aromatic heterocycles. The van der Waals surface area contributed by atoms with Gasteiger partial charge in [0, 0.05) is 0 Å². The van der Waals surface area contributed by atoms with Crippen LogP contribution in [-0.2, 0) is 16.0 Å². The lowest BCUT2D eigenvalue weighted by atomic mass is 10.0. The lowest BCUT2D eigenvalue weighted by Crippen LogP contribution is -2.35. The minimum absolute atomic E-state index is 0.0221. The van der Waals surface area contributed by atoms with Crippen molar-refractivity contribution in [2.45, 2.75) is 18.6 Å². The molecule has 1 fully saturated rings. The standard InChI is InChI=1S/C11H13NO2/c12-9(11(13)10-7-14-10)6-8-4-2-1-3-5-8/h1-5,9-10H,6-7,12H2.